The molecular formula is C26H30O4. The molecule has 0 bridgehead atoms. The highest BCUT2D eigenvalue weighted by Gasteiger charge is 2.26. The SMILES string of the molecule is CC(C)C(=O)Oc1c2ccccc2c(OC(=O)C(C)C)c2c(C(C)(C)C)cccc12. The van der Waals surface area contributed by atoms with E-state index in [1.807, 2.05) is 70.2 Å². The zero-order valence-electron chi connectivity index (χ0n) is 18.8. The maximum atomic E-state index is 12.6. The van der Waals surface area contributed by atoms with Crippen molar-refractivity contribution in [1.29, 1.82) is 0 Å². The van der Waals surface area contributed by atoms with Gasteiger partial charge in [-0.05, 0) is 11.0 Å². The van der Waals surface area contributed by atoms with Gasteiger partial charge in [0.2, 0.25) is 0 Å². The van der Waals surface area contributed by atoms with Crippen LogP contribution < -0.4 is 9.47 Å². The molecule has 0 aliphatic heterocycles. The van der Waals surface area contributed by atoms with Crippen molar-refractivity contribution in [2.45, 2.75) is 53.9 Å². The molecule has 0 saturated carbocycles. The monoisotopic (exact) mass is 406 g/mol. The molecule has 0 aliphatic carbocycles. The Morgan fingerprint density at radius 3 is 1.67 bits per heavy atom. The molecule has 0 unspecified atom stereocenters. The molecule has 0 spiro atoms. The molecule has 0 aromatic heterocycles. The quantitative estimate of drug-likeness (QED) is 0.285. The predicted octanol–water partition coefficient (Wildman–Crippen LogP) is 6.41. The first-order chi connectivity index (χ1) is 14.0. The Hall–Kier alpha value is -2.88. The second-order valence-electron chi connectivity index (χ2n) is 9.33. The third-order valence-corrected chi connectivity index (χ3v) is 5.11. The Bertz CT molecular complexity index is 1120. The lowest BCUT2D eigenvalue weighted by molar-refractivity contribution is -0.138. The van der Waals surface area contributed by atoms with Gasteiger partial charge in [0, 0.05) is 21.5 Å². The molecule has 30 heavy (non-hydrogen) atoms. The van der Waals surface area contributed by atoms with Crippen LogP contribution in [-0.2, 0) is 15.0 Å². The fraction of sp³-hybridized carbons (Fsp3) is 0.385. The first-order valence-corrected chi connectivity index (χ1v) is 10.4. The van der Waals surface area contributed by atoms with Gasteiger partial charge in [-0.3, -0.25) is 9.59 Å². The van der Waals surface area contributed by atoms with E-state index in [9.17, 15) is 9.59 Å². The van der Waals surface area contributed by atoms with E-state index < -0.39 is 0 Å². The van der Waals surface area contributed by atoms with Crippen molar-refractivity contribution in [2.75, 3.05) is 0 Å². The molecule has 3 rings (SSSR count). The Balaban J connectivity index is 2.48. The van der Waals surface area contributed by atoms with Crippen LogP contribution in [0.2, 0.25) is 0 Å². The Morgan fingerprint density at radius 2 is 1.17 bits per heavy atom. The third kappa shape index (κ3) is 4.04. The number of ether oxygens (including phenoxy) is 2. The summed E-state index contributed by atoms with van der Waals surface area (Å²) >= 11 is 0. The number of carbonyl (C=O) groups excluding carboxylic acids is 2. The molecule has 0 amide bonds. The lowest BCUT2D eigenvalue weighted by Crippen LogP contribution is -2.18. The van der Waals surface area contributed by atoms with Crippen LogP contribution in [0.5, 0.6) is 11.5 Å². The fourth-order valence-electron chi connectivity index (χ4n) is 3.42. The minimum Gasteiger partial charge on any atom is -0.425 e. The lowest BCUT2D eigenvalue weighted by atomic mass is 9.82. The largest absolute Gasteiger partial charge is 0.425 e. The predicted molar refractivity (Wildman–Crippen MR) is 121 cm³/mol. The van der Waals surface area contributed by atoms with Crippen molar-refractivity contribution in [3.63, 3.8) is 0 Å². The molecule has 0 aliphatic rings. The van der Waals surface area contributed by atoms with Crippen molar-refractivity contribution in [2.24, 2.45) is 11.8 Å². The summed E-state index contributed by atoms with van der Waals surface area (Å²) in [5.41, 5.74) is 0.819. The molecule has 158 valence electrons. The van der Waals surface area contributed by atoms with Gasteiger partial charge in [-0.25, -0.2) is 0 Å². The summed E-state index contributed by atoms with van der Waals surface area (Å²) in [5, 5.41) is 3.07. The van der Waals surface area contributed by atoms with Gasteiger partial charge in [-0.15, -0.1) is 0 Å². The molecule has 0 saturated heterocycles. The van der Waals surface area contributed by atoms with Gasteiger partial charge in [0.25, 0.3) is 0 Å². The van der Waals surface area contributed by atoms with Gasteiger partial charge in [0.15, 0.2) is 0 Å². The number of hydrogen-bond acceptors (Lipinski definition) is 4. The number of carbonyl (C=O) groups is 2. The molecule has 3 aromatic rings. The van der Waals surface area contributed by atoms with Crippen molar-refractivity contribution in [3.8, 4) is 11.5 Å². The summed E-state index contributed by atoms with van der Waals surface area (Å²) in [6.07, 6.45) is 0. The first kappa shape index (κ1) is 21.8. The van der Waals surface area contributed by atoms with Crippen LogP contribution in [0.25, 0.3) is 21.5 Å². The normalized spacial score (nSPS) is 12.0. The fourth-order valence-corrected chi connectivity index (χ4v) is 3.42. The smallest absolute Gasteiger partial charge is 0.313 e. The van der Waals surface area contributed by atoms with E-state index in [0.717, 1.165) is 27.1 Å². The van der Waals surface area contributed by atoms with Gasteiger partial charge in [-0.1, -0.05) is 90.9 Å². The Kier molecular flexibility index (Phi) is 5.89. The van der Waals surface area contributed by atoms with E-state index in [1.165, 1.54) is 0 Å². The van der Waals surface area contributed by atoms with Crippen LogP contribution in [0, 0.1) is 11.8 Å². The number of benzene rings is 3. The van der Waals surface area contributed by atoms with Gasteiger partial charge >= 0.3 is 11.9 Å². The van der Waals surface area contributed by atoms with Crippen molar-refractivity contribution in [3.05, 3.63) is 48.0 Å². The second-order valence-corrected chi connectivity index (χ2v) is 9.33. The molecule has 3 aromatic carbocycles. The standard InChI is InChI=1S/C26H30O4/c1-15(2)24(27)29-22-17-11-8-9-12-18(17)23(30-25(28)16(3)4)21-19(22)13-10-14-20(21)26(5,6)7/h8-16H,1-7H3. The second kappa shape index (κ2) is 8.10. The molecule has 0 atom stereocenters. The number of hydrogen-bond donors (Lipinski definition) is 0. The molecular weight excluding hydrogens is 376 g/mol. The minimum atomic E-state index is -0.297. The van der Waals surface area contributed by atoms with Crippen LogP contribution in [-0.4, -0.2) is 11.9 Å². The average Bonchev–Trinajstić information content (AvgIpc) is 2.68. The molecule has 0 N–H and O–H groups in total. The van der Waals surface area contributed by atoms with E-state index in [0.29, 0.717) is 11.5 Å². The number of esters is 2. The van der Waals surface area contributed by atoms with Crippen molar-refractivity contribution < 1.29 is 19.1 Å². The summed E-state index contributed by atoms with van der Waals surface area (Å²) in [4.78, 5) is 25.1. The highest BCUT2D eigenvalue weighted by molar-refractivity contribution is 6.14. The van der Waals surface area contributed by atoms with E-state index in [-0.39, 0.29) is 29.2 Å². The van der Waals surface area contributed by atoms with Crippen LogP contribution >= 0.6 is 0 Å². The van der Waals surface area contributed by atoms with E-state index in [2.05, 4.69) is 20.8 Å². The summed E-state index contributed by atoms with van der Waals surface area (Å²) in [6, 6.07) is 13.5. The summed E-state index contributed by atoms with van der Waals surface area (Å²) in [5.74, 6) is -0.0855. The number of fused-ring (bicyclic) bond motifs is 2. The molecule has 4 nitrogen and oxygen atoms in total. The zero-order valence-corrected chi connectivity index (χ0v) is 18.8. The summed E-state index contributed by atoms with van der Waals surface area (Å²) in [7, 11) is 0. The maximum absolute atomic E-state index is 12.6. The highest BCUT2D eigenvalue weighted by atomic mass is 16.5. The zero-order chi connectivity index (χ0) is 22.2. The topological polar surface area (TPSA) is 52.6 Å². The highest BCUT2D eigenvalue weighted by Crippen LogP contribution is 2.46. The van der Waals surface area contributed by atoms with Crippen LogP contribution in [0.1, 0.15) is 54.0 Å². The van der Waals surface area contributed by atoms with E-state index in [1.54, 1.807) is 0 Å². The van der Waals surface area contributed by atoms with Gasteiger partial charge < -0.3 is 9.47 Å². The third-order valence-electron chi connectivity index (χ3n) is 5.11. The minimum absolute atomic E-state index is 0.208. The lowest BCUT2D eigenvalue weighted by Gasteiger charge is -2.25. The molecule has 0 heterocycles. The van der Waals surface area contributed by atoms with E-state index >= 15 is 0 Å². The van der Waals surface area contributed by atoms with E-state index in [4.69, 9.17) is 9.47 Å². The van der Waals surface area contributed by atoms with Crippen LogP contribution in [0.3, 0.4) is 0 Å². The van der Waals surface area contributed by atoms with Gasteiger partial charge in [0.1, 0.15) is 11.5 Å². The molecule has 0 fully saturated rings. The van der Waals surface area contributed by atoms with Gasteiger partial charge in [-0.2, -0.15) is 0 Å². The van der Waals surface area contributed by atoms with Crippen molar-refractivity contribution >= 4 is 33.5 Å². The maximum Gasteiger partial charge on any atom is 0.313 e. The molecule has 0 radical (unpaired) electrons. The Labute approximate surface area is 178 Å². The first-order valence-electron chi connectivity index (χ1n) is 10.4. The Morgan fingerprint density at radius 1 is 0.700 bits per heavy atom. The number of rotatable bonds is 4. The molecule has 4 heteroatoms. The summed E-state index contributed by atoms with van der Waals surface area (Å²) in [6.45, 7) is 13.6. The average molecular weight is 407 g/mol. The van der Waals surface area contributed by atoms with Gasteiger partial charge in [0.05, 0.1) is 11.8 Å². The van der Waals surface area contributed by atoms with Crippen LogP contribution in [0.4, 0.5) is 0 Å². The summed E-state index contributed by atoms with van der Waals surface area (Å²) < 4.78 is 11.9. The van der Waals surface area contributed by atoms with Crippen LogP contribution in [0.15, 0.2) is 42.5 Å². The van der Waals surface area contributed by atoms with Crippen molar-refractivity contribution in [1.82, 2.24) is 0 Å².